The summed E-state index contributed by atoms with van der Waals surface area (Å²) in [5.74, 6) is 0.170. The Labute approximate surface area is 178 Å². The molecule has 7 heteroatoms. The van der Waals surface area contributed by atoms with E-state index in [4.69, 9.17) is 4.74 Å². The monoisotopic (exact) mass is 415 g/mol. The van der Waals surface area contributed by atoms with Crippen molar-refractivity contribution in [2.24, 2.45) is 5.92 Å². The molecule has 1 spiro atoms. The Bertz CT molecular complexity index is 800. The minimum Gasteiger partial charge on any atom is -0.492 e. The fourth-order valence-electron chi connectivity index (χ4n) is 4.25. The fraction of sp³-hybridized carbons (Fsp3) is 0.609. The van der Waals surface area contributed by atoms with Crippen molar-refractivity contribution in [3.05, 3.63) is 29.8 Å². The van der Waals surface area contributed by atoms with Crippen molar-refractivity contribution in [1.82, 2.24) is 15.5 Å². The summed E-state index contributed by atoms with van der Waals surface area (Å²) in [7, 11) is 0. The molecule has 0 radical (unpaired) electrons. The number of benzene rings is 1. The van der Waals surface area contributed by atoms with Crippen LogP contribution in [-0.4, -0.2) is 48.0 Å². The van der Waals surface area contributed by atoms with Crippen LogP contribution in [0.2, 0.25) is 0 Å². The maximum Gasteiger partial charge on any atom is 0.325 e. The Balaban J connectivity index is 1.45. The Hall–Kier alpha value is -2.57. The number of ether oxygens (including phenoxy) is 1. The summed E-state index contributed by atoms with van der Waals surface area (Å²) in [6.45, 7) is 8.79. The van der Waals surface area contributed by atoms with E-state index in [1.165, 1.54) is 5.56 Å². The highest BCUT2D eigenvalue weighted by Gasteiger charge is 2.55. The highest BCUT2D eigenvalue weighted by molar-refractivity contribution is 6.09. The minimum atomic E-state index is -0.835. The van der Waals surface area contributed by atoms with Gasteiger partial charge in [-0.25, -0.2) is 4.79 Å². The van der Waals surface area contributed by atoms with Gasteiger partial charge in [-0.2, -0.15) is 0 Å². The first-order valence-electron chi connectivity index (χ1n) is 10.8. The molecule has 1 aromatic carbocycles. The van der Waals surface area contributed by atoms with E-state index in [0.717, 1.165) is 29.9 Å². The molecule has 2 atom stereocenters. The summed E-state index contributed by atoms with van der Waals surface area (Å²) in [5.41, 5.74) is 0.472. The summed E-state index contributed by atoms with van der Waals surface area (Å²) in [6, 6.07) is 7.43. The molecule has 2 aliphatic rings. The number of hydrogen-bond acceptors (Lipinski definition) is 4. The SMILES string of the molecule is C[C@H]1CCCC[C@]12NC(=O)N(CC(=O)NCCOc1ccc(C(C)(C)C)cc1)C2=O. The number of rotatable bonds is 6. The highest BCUT2D eigenvalue weighted by atomic mass is 16.5. The molecular weight excluding hydrogens is 382 g/mol. The number of carbonyl (C=O) groups excluding carboxylic acids is 3. The lowest BCUT2D eigenvalue weighted by Gasteiger charge is -2.36. The lowest BCUT2D eigenvalue weighted by molar-refractivity contribution is -0.137. The summed E-state index contributed by atoms with van der Waals surface area (Å²) in [6.07, 6.45) is 3.51. The van der Waals surface area contributed by atoms with E-state index < -0.39 is 11.6 Å². The molecule has 1 saturated carbocycles. The molecule has 1 aliphatic heterocycles. The van der Waals surface area contributed by atoms with E-state index in [-0.39, 0.29) is 29.7 Å². The van der Waals surface area contributed by atoms with Gasteiger partial charge in [-0.1, -0.05) is 52.7 Å². The van der Waals surface area contributed by atoms with Crippen molar-refractivity contribution in [3.63, 3.8) is 0 Å². The van der Waals surface area contributed by atoms with Crippen LogP contribution in [0.25, 0.3) is 0 Å². The number of urea groups is 1. The van der Waals surface area contributed by atoms with Gasteiger partial charge in [0.05, 0.1) is 6.54 Å². The van der Waals surface area contributed by atoms with Crippen molar-refractivity contribution in [1.29, 1.82) is 0 Å². The fourth-order valence-corrected chi connectivity index (χ4v) is 4.25. The van der Waals surface area contributed by atoms with Crippen LogP contribution < -0.4 is 15.4 Å². The molecule has 1 saturated heterocycles. The van der Waals surface area contributed by atoms with Gasteiger partial charge in [0.25, 0.3) is 5.91 Å². The van der Waals surface area contributed by atoms with Crippen molar-refractivity contribution in [2.75, 3.05) is 19.7 Å². The molecule has 1 heterocycles. The zero-order chi connectivity index (χ0) is 21.9. The normalized spacial score (nSPS) is 24.1. The van der Waals surface area contributed by atoms with Crippen LogP contribution in [0.4, 0.5) is 4.79 Å². The summed E-state index contributed by atoms with van der Waals surface area (Å²) in [5, 5.41) is 5.58. The van der Waals surface area contributed by atoms with Gasteiger partial charge in [0.2, 0.25) is 5.91 Å². The van der Waals surface area contributed by atoms with Crippen molar-refractivity contribution in [2.45, 2.75) is 64.3 Å². The summed E-state index contributed by atoms with van der Waals surface area (Å²) in [4.78, 5) is 38.5. The van der Waals surface area contributed by atoms with Gasteiger partial charge in [0.15, 0.2) is 0 Å². The maximum absolute atomic E-state index is 12.9. The smallest absolute Gasteiger partial charge is 0.325 e. The van der Waals surface area contributed by atoms with Crippen molar-refractivity contribution in [3.8, 4) is 5.75 Å². The molecule has 1 aliphatic carbocycles. The predicted molar refractivity (Wildman–Crippen MR) is 114 cm³/mol. The van der Waals surface area contributed by atoms with Crippen molar-refractivity contribution >= 4 is 17.8 Å². The Morgan fingerprint density at radius 1 is 1.23 bits per heavy atom. The molecular formula is C23H33N3O4. The minimum absolute atomic E-state index is 0.0776. The molecule has 30 heavy (non-hydrogen) atoms. The molecule has 1 aromatic rings. The zero-order valence-corrected chi connectivity index (χ0v) is 18.4. The number of hydrogen-bond donors (Lipinski definition) is 2. The van der Waals surface area contributed by atoms with E-state index in [2.05, 4.69) is 31.4 Å². The predicted octanol–water partition coefficient (Wildman–Crippen LogP) is 2.98. The summed E-state index contributed by atoms with van der Waals surface area (Å²) < 4.78 is 5.67. The zero-order valence-electron chi connectivity index (χ0n) is 18.4. The molecule has 0 aromatic heterocycles. The second-order valence-corrected chi connectivity index (χ2v) is 9.41. The van der Waals surface area contributed by atoms with Gasteiger partial charge < -0.3 is 15.4 Å². The molecule has 3 rings (SSSR count). The first kappa shape index (κ1) is 22.1. The first-order valence-corrected chi connectivity index (χ1v) is 10.8. The molecule has 2 N–H and O–H groups in total. The average Bonchev–Trinajstić information content (AvgIpc) is 2.92. The van der Waals surface area contributed by atoms with Crippen LogP contribution in [0, 0.1) is 5.92 Å². The third kappa shape index (κ3) is 4.60. The third-order valence-corrected chi connectivity index (χ3v) is 6.22. The lowest BCUT2D eigenvalue weighted by atomic mass is 9.73. The first-order chi connectivity index (χ1) is 14.1. The number of nitrogens with one attached hydrogen (secondary N) is 2. The second-order valence-electron chi connectivity index (χ2n) is 9.41. The van der Waals surface area contributed by atoms with Crippen LogP contribution in [0.15, 0.2) is 24.3 Å². The van der Waals surface area contributed by atoms with E-state index in [1.54, 1.807) is 0 Å². The van der Waals surface area contributed by atoms with Crippen LogP contribution in [0.1, 0.15) is 58.9 Å². The van der Waals surface area contributed by atoms with Gasteiger partial charge in [-0.15, -0.1) is 0 Å². The Kier molecular flexibility index (Phi) is 6.38. The van der Waals surface area contributed by atoms with Gasteiger partial charge in [0.1, 0.15) is 24.4 Å². The Morgan fingerprint density at radius 2 is 1.93 bits per heavy atom. The van der Waals surface area contributed by atoms with E-state index in [1.807, 2.05) is 31.2 Å². The molecule has 4 amide bonds. The molecule has 0 bridgehead atoms. The van der Waals surface area contributed by atoms with E-state index in [9.17, 15) is 14.4 Å². The molecule has 164 valence electrons. The van der Waals surface area contributed by atoms with Crippen LogP contribution >= 0.6 is 0 Å². The molecule has 2 fully saturated rings. The number of amides is 4. The van der Waals surface area contributed by atoms with E-state index >= 15 is 0 Å². The quantitative estimate of drug-likeness (QED) is 0.552. The highest BCUT2D eigenvalue weighted by Crippen LogP contribution is 2.38. The molecule has 7 nitrogen and oxygen atoms in total. The number of imide groups is 1. The maximum atomic E-state index is 12.9. The van der Waals surface area contributed by atoms with Crippen molar-refractivity contribution < 1.29 is 19.1 Å². The average molecular weight is 416 g/mol. The standard InChI is InChI=1S/C23H33N3O4/c1-16-7-5-6-12-23(16)20(28)26(21(29)25-23)15-19(27)24-13-14-30-18-10-8-17(9-11-18)22(2,3)4/h8-11,16H,5-7,12-15H2,1-4H3,(H,24,27)(H,25,29)/t16-,23-/m0/s1. The van der Waals surface area contributed by atoms with Crippen LogP contribution in [-0.2, 0) is 15.0 Å². The van der Waals surface area contributed by atoms with Crippen LogP contribution in [0.3, 0.4) is 0 Å². The third-order valence-electron chi connectivity index (χ3n) is 6.22. The number of carbonyl (C=O) groups is 3. The topological polar surface area (TPSA) is 87.7 Å². The van der Waals surface area contributed by atoms with Gasteiger partial charge in [-0.3, -0.25) is 14.5 Å². The Morgan fingerprint density at radius 3 is 2.57 bits per heavy atom. The second kappa shape index (κ2) is 8.66. The number of nitrogens with zero attached hydrogens (tertiary/aromatic N) is 1. The van der Waals surface area contributed by atoms with Gasteiger partial charge in [-0.05, 0) is 41.9 Å². The largest absolute Gasteiger partial charge is 0.492 e. The summed E-state index contributed by atoms with van der Waals surface area (Å²) >= 11 is 0. The van der Waals surface area contributed by atoms with Gasteiger partial charge >= 0.3 is 6.03 Å². The van der Waals surface area contributed by atoms with Crippen LogP contribution in [0.5, 0.6) is 5.75 Å². The van der Waals surface area contributed by atoms with E-state index in [0.29, 0.717) is 19.6 Å². The lowest BCUT2D eigenvalue weighted by Crippen LogP contribution is -2.54. The van der Waals surface area contributed by atoms with Gasteiger partial charge in [0, 0.05) is 0 Å². The molecule has 0 unspecified atom stereocenters.